The zero-order valence-electron chi connectivity index (χ0n) is 12.7. The Balaban J connectivity index is 2.31. The van der Waals surface area contributed by atoms with E-state index in [0.29, 0.717) is 22.5 Å². The molecular formula is C16H21N3O2. The van der Waals surface area contributed by atoms with Crippen LogP contribution in [0.1, 0.15) is 33.6 Å². The van der Waals surface area contributed by atoms with Crippen molar-refractivity contribution in [2.45, 2.75) is 39.7 Å². The number of nitrogens with zero attached hydrogens (tertiary/aromatic N) is 2. The van der Waals surface area contributed by atoms with Gasteiger partial charge in [0, 0.05) is 12.2 Å². The minimum atomic E-state index is -0.332. The largest absolute Gasteiger partial charge is 0.377 e. The van der Waals surface area contributed by atoms with E-state index < -0.39 is 0 Å². The van der Waals surface area contributed by atoms with Crippen molar-refractivity contribution in [3.05, 3.63) is 40.6 Å². The summed E-state index contributed by atoms with van der Waals surface area (Å²) in [4.78, 5) is 15.3. The molecule has 0 saturated heterocycles. The molecule has 1 aromatic heterocycles. The lowest BCUT2D eigenvalue weighted by atomic mass is 10.0. The highest BCUT2D eigenvalue weighted by atomic mass is 16.6. The van der Waals surface area contributed by atoms with Gasteiger partial charge in [-0.05, 0) is 49.9 Å². The summed E-state index contributed by atoms with van der Waals surface area (Å²) in [6.07, 6.45) is 3.72. The molecule has 0 amide bonds. The Hall–Kier alpha value is -2.17. The van der Waals surface area contributed by atoms with E-state index in [1.54, 1.807) is 24.4 Å². The first-order valence-electron chi connectivity index (χ1n) is 7.27. The van der Waals surface area contributed by atoms with Crippen LogP contribution in [0.3, 0.4) is 0 Å². The number of nitro groups is 1. The molecule has 0 spiro atoms. The van der Waals surface area contributed by atoms with Crippen LogP contribution in [0.4, 0.5) is 11.4 Å². The van der Waals surface area contributed by atoms with Crippen LogP contribution in [-0.4, -0.2) is 15.9 Å². The fourth-order valence-electron chi connectivity index (χ4n) is 2.37. The van der Waals surface area contributed by atoms with Crippen LogP contribution in [0.2, 0.25) is 0 Å². The molecule has 0 radical (unpaired) electrons. The van der Waals surface area contributed by atoms with Crippen LogP contribution >= 0.6 is 0 Å². The maximum absolute atomic E-state index is 11.4. The second kappa shape index (κ2) is 6.52. The quantitative estimate of drug-likeness (QED) is 0.632. The lowest BCUT2D eigenvalue weighted by Gasteiger charge is -2.17. The van der Waals surface area contributed by atoms with Crippen LogP contribution in [0.15, 0.2) is 30.5 Å². The fraction of sp³-hybridized carbons (Fsp3) is 0.438. The van der Waals surface area contributed by atoms with Gasteiger partial charge < -0.3 is 5.32 Å². The summed E-state index contributed by atoms with van der Waals surface area (Å²) < 4.78 is 0. The lowest BCUT2D eigenvalue weighted by molar-refractivity contribution is -0.382. The molecule has 0 bridgehead atoms. The predicted molar refractivity (Wildman–Crippen MR) is 85.6 cm³/mol. The first-order valence-corrected chi connectivity index (χ1v) is 7.27. The summed E-state index contributed by atoms with van der Waals surface area (Å²) >= 11 is 0. The number of aromatic nitrogens is 1. The Labute approximate surface area is 124 Å². The van der Waals surface area contributed by atoms with E-state index in [1.165, 1.54) is 0 Å². The Bertz CT molecular complexity index is 640. The van der Waals surface area contributed by atoms with Crippen molar-refractivity contribution in [3.8, 4) is 0 Å². The monoisotopic (exact) mass is 287 g/mol. The number of pyridine rings is 1. The third-order valence-corrected chi connectivity index (χ3v) is 3.52. The molecule has 112 valence electrons. The maximum atomic E-state index is 11.4. The van der Waals surface area contributed by atoms with E-state index in [0.717, 1.165) is 12.8 Å². The van der Waals surface area contributed by atoms with Crippen molar-refractivity contribution in [2.75, 3.05) is 5.32 Å². The molecule has 1 unspecified atom stereocenters. The average molecular weight is 287 g/mol. The number of hydrogen-bond acceptors (Lipinski definition) is 4. The molecule has 1 aromatic carbocycles. The van der Waals surface area contributed by atoms with Crippen LogP contribution in [0.5, 0.6) is 0 Å². The minimum Gasteiger partial charge on any atom is -0.377 e. The predicted octanol–water partition coefficient (Wildman–Crippen LogP) is 4.38. The molecule has 2 rings (SSSR count). The third-order valence-electron chi connectivity index (χ3n) is 3.52. The highest BCUT2D eigenvalue weighted by molar-refractivity contribution is 5.94. The molecule has 0 aliphatic carbocycles. The number of hydrogen-bond donors (Lipinski definition) is 1. The van der Waals surface area contributed by atoms with E-state index in [1.807, 2.05) is 6.07 Å². The molecule has 1 heterocycles. The van der Waals surface area contributed by atoms with Crippen molar-refractivity contribution in [1.29, 1.82) is 0 Å². The van der Waals surface area contributed by atoms with E-state index in [-0.39, 0.29) is 16.7 Å². The van der Waals surface area contributed by atoms with Gasteiger partial charge in [-0.25, -0.2) is 0 Å². The van der Waals surface area contributed by atoms with E-state index in [2.05, 4.69) is 31.1 Å². The van der Waals surface area contributed by atoms with Crippen LogP contribution in [0.25, 0.3) is 10.9 Å². The van der Waals surface area contributed by atoms with Gasteiger partial charge in [0.1, 0.15) is 5.69 Å². The van der Waals surface area contributed by atoms with Crippen LogP contribution in [-0.2, 0) is 0 Å². The maximum Gasteiger partial charge on any atom is 0.301 e. The first-order chi connectivity index (χ1) is 9.99. The summed E-state index contributed by atoms with van der Waals surface area (Å²) in [5.41, 5.74) is 1.32. The van der Waals surface area contributed by atoms with Crippen molar-refractivity contribution in [1.82, 2.24) is 4.98 Å². The molecule has 0 aliphatic rings. The fourth-order valence-corrected chi connectivity index (χ4v) is 2.37. The van der Waals surface area contributed by atoms with Crippen molar-refractivity contribution >= 4 is 22.3 Å². The standard InChI is InChI=1S/C16H21N3O2/c1-11(2)6-7-12(3)18-15-9-8-14-13(5-4-10-17-14)16(15)19(20)21/h4-5,8-12,18H,6-7H2,1-3H3. The number of nitrogens with one attached hydrogen (secondary N) is 1. The van der Waals surface area contributed by atoms with Gasteiger partial charge in [-0.15, -0.1) is 0 Å². The molecule has 5 nitrogen and oxygen atoms in total. The smallest absolute Gasteiger partial charge is 0.301 e. The highest BCUT2D eigenvalue weighted by Gasteiger charge is 2.19. The van der Waals surface area contributed by atoms with Crippen LogP contribution < -0.4 is 5.32 Å². The molecule has 5 heteroatoms. The van der Waals surface area contributed by atoms with Crippen molar-refractivity contribution < 1.29 is 4.92 Å². The highest BCUT2D eigenvalue weighted by Crippen LogP contribution is 2.33. The zero-order chi connectivity index (χ0) is 15.4. The average Bonchev–Trinajstić information content (AvgIpc) is 2.44. The Kier molecular flexibility index (Phi) is 4.73. The summed E-state index contributed by atoms with van der Waals surface area (Å²) in [6.45, 7) is 6.41. The number of fused-ring (bicyclic) bond motifs is 1. The third kappa shape index (κ3) is 3.68. The first kappa shape index (κ1) is 15.2. The number of benzene rings is 1. The van der Waals surface area contributed by atoms with E-state index in [4.69, 9.17) is 0 Å². The van der Waals surface area contributed by atoms with Gasteiger partial charge in [0.25, 0.3) is 0 Å². The van der Waals surface area contributed by atoms with Gasteiger partial charge in [-0.3, -0.25) is 15.1 Å². The van der Waals surface area contributed by atoms with Gasteiger partial charge in [0.05, 0.1) is 15.8 Å². The Morgan fingerprint density at radius 2 is 2.00 bits per heavy atom. The van der Waals surface area contributed by atoms with Gasteiger partial charge in [0.15, 0.2) is 0 Å². The molecule has 1 N–H and O–H groups in total. The number of rotatable bonds is 6. The normalized spacial score (nSPS) is 12.6. The molecule has 0 saturated carbocycles. The van der Waals surface area contributed by atoms with E-state index in [9.17, 15) is 10.1 Å². The second-order valence-corrected chi connectivity index (χ2v) is 5.81. The summed E-state index contributed by atoms with van der Waals surface area (Å²) in [6, 6.07) is 7.23. The van der Waals surface area contributed by atoms with Gasteiger partial charge >= 0.3 is 5.69 Å². The number of anilines is 1. The summed E-state index contributed by atoms with van der Waals surface area (Å²) in [5, 5.41) is 15.3. The molecular weight excluding hydrogens is 266 g/mol. The van der Waals surface area contributed by atoms with Gasteiger partial charge in [-0.1, -0.05) is 13.8 Å². The van der Waals surface area contributed by atoms with Gasteiger partial charge in [0.2, 0.25) is 0 Å². The molecule has 0 aliphatic heterocycles. The van der Waals surface area contributed by atoms with E-state index >= 15 is 0 Å². The molecule has 1 atom stereocenters. The second-order valence-electron chi connectivity index (χ2n) is 5.81. The molecule has 2 aromatic rings. The van der Waals surface area contributed by atoms with Crippen molar-refractivity contribution in [3.63, 3.8) is 0 Å². The zero-order valence-corrected chi connectivity index (χ0v) is 12.7. The number of nitro benzene ring substituents is 1. The molecule has 21 heavy (non-hydrogen) atoms. The summed E-state index contributed by atoms with van der Waals surface area (Å²) in [7, 11) is 0. The molecule has 0 fully saturated rings. The van der Waals surface area contributed by atoms with Crippen molar-refractivity contribution in [2.24, 2.45) is 5.92 Å². The summed E-state index contributed by atoms with van der Waals surface area (Å²) in [5.74, 6) is 0.630. The van der Waals surface area contributed by atoms with Gasteiger partial charge in [-0.2, -0.15) is 0 Å². The Morgan fingerprint density at radius 3 is 2.67 bits per heavy atom. The lowest BCUT2D eigenvalue weighted by Crippen LogP contribution is -2.16. The minimum absolute atomic E-state index is 0.108. The van der Waals surface area contributed by atoms with Crippen LogP contribution in [0, 0.1) is 16.0 Å². The Morgan fingerprint density at radius 1 is 1.24 bits per heavy atom. The topological polar surface area (TPSA) is 68.1 Å². The SMILES string of the molecule is CC(C)CCC(C)Nc1ccc2ncccc2c1[N+](=O)[O-].